The fourth-order valence-corrected chi connectivity index (χ4v) is 1.95. The van der Waals surface area contributed by atoms with Gasteiger partial charge < -0.3 is 15.4 Å². The van der Waals surface area contributed by atoms with E-state index in [0.29, 0.717) is 13.2 Å². The average Bonchev–Trinajstić information content (AvgIpc) is 2.72. The maximum Gasteiger partial charge on any atom is 0.191 e. The highest BCUT2D eigenvalue weighted by molar-refractivity contribution is 7.11. The van der Waals surface area contributed by atoms with E-state index in [1.54, 1.807) is 18.4 Å². The number of hydrogen-bond donors (Lipinski definition) is 2. The highest BCUT2D eigenvalue weighted by atomic mass is 32.1. The third-order valence-corrected chi connectivity index (χ3v) is 2.88. The Morgan fingerprint density at radius 3 is 2.94 bits per heavy atom. The number of rotatable bonds is 6. The van der Waals surface area contributed by atoms with Gasteiger partial charge in [-0.25, -0.2) is 9.98 Å². The van der Waals surface area contributed by atoms with Gasteiger partial charge in [-0.3, -0.25) is 0 Å². The van der Waals surface area contributed by atoms with Crippen LogP contribution < -0.4 is 10.6 Å². The molecule has 5 nitrogen and oxygen atoms in total. The Kier molecular flexibility index (Phi) is 6.57. The number of guanidine groups is 1. The van der Waals surface area contributed by atoms with Crippen LogP contribution in [0.4, 0.5) is 0 Å². The second-order valence-corrected chi connectivity index (χ2v) is 4.80. The highest BCUT2D eigenvalue weighted by Crippen LogP contribution is 2.11. The standard InChI is InChI=1S/C11H20N4OS/c1-4-12-11(13-5-6-16-3)15-8-10-14-7-9(2)17-10/h7H,4-6,8H2,1-3H3,(H2,12,13,15). The van der Waals surface area contributed by atoms with Crippen molar-refractivity contribution < 1.29 is 4.74 Å². The van der Waals surface area contributed by atoms with Crippen LogP contribution >= 0.6 is 11.3 Å². The lowest BCUT2D eigenvalue weighted by Crippen LogP contribution is -2.38. The molecule has 1 heterocycles. The lowest BCUT2D eigenvalue weighted by atomic mass is 10.6. The van der Waals surface area contributed by atoms with Crippen molar-refractivity contribution in [3.8, 4) is 0 Å². The molecule has 6 heteroatoms. The summed E-state index contributed by atoms with van der Waals surface area (Å²) in [6.07, 6.45) is 1.88. The number of aryl methyl sites for hydroxylation is 1. The first-order chi connectivity index (χ1) is 8.26. The summed E-state index contributed by atoms with van der Waals surface area (Å²) >= 11 is 1.68. The Balaban J connectivity index is 2.44. The van der Waals surface area contributed by atoms with Crippen molar-refractivity contribution in [3.63, 3.8) is 0 Å². The molecule has 0 spiro atoms. The van der Waals surface area contributed by atoms with E-state index in [9.17, 15) is 0 Å². The van der Waals surface area contributed by atoms with E-state index in [4.69, 9.17) is 4.74 Å². The fraction of sp³-hybridized carbons (Fsp3) is 0.636. The normalized spacial score (nSPS) is 11.6. The van der Waals surface area contributed by atoms with Crippen molar-refractivity contribution in [1.82, 2.24) is 15.6 Å². The molecule has 0 atom stereocenters. The van der Waals surface area contributed by atoms with Crippen molar-refractivity contribution in [3.05, 3.63) is 16.1 Å². The Bertz CT molecular complexity index is 351. The van der Waals surface area contributed by atoms with Crippen molar-refractivity contribution in [2.75, 3.05) is 26.8 Å². The van der Waals surface area contributed by atoms with Crippen LogP contribution in [-0.2, 0) is 11.3 Å². The van der Waals surface area contributed by atoms with Crippen molar-refractivity contribution >= 4 is 17.3 Å². The third kappa shape index (κ3) is 5.65. The van der Waals surface area contributed by atoms with Crippen LogP contribution in [0, 0.1) is 6.92 Å². The summed E-state index contributed by atoms with van der Waals surface area (Å²) < 4.78 is 4.98. The number of ether oxygens (including phenoxy) is 1. The van der Waals surface area contributed by atoms with E-state index in [1.165, 1.54) is 4.88 Å². The van der Waals surface area contributed by atoms with Crippen molar-refractivity contribution in [2.24, 2.45) is 4.99 Å². The average molecular weight is 256 g/mol. The predicted octanol–water partition coefficient (Wildman–Crippen LogP) is 1.15. The summed E-state index contributed by atoms with van der Waals surface area (Å²) in [5.74, 6) is 0.803. The first-order valence-corrected chi connectivity index (χ1v) is 6.50. The zero-order valence-electron chi connectivity index (χ0n) is 10.6. The molecule has 0 fully saturated rings. The molecule has 0 saturated heterocycles. The fourth-order valence-electron chi connectivity index (χ4n) is 1.23. The summed E-state index contributed by atoms with van der Waals surface area (Å²) in [7, 11) is 1.68. The number of nitrogens with zero attached hydrogens (tertiary/aromatic N) is 2. The van der Waals surface area contributed by atoms with Crippen molar-refractivity contribution in [2.45, 2.75) is 20.4 Å². The van der Waals surface area contributed by atoms with Gasteiger partial charge in [0, 0.05) is 31.3 Å². The number of aliphatic imine (C=N–C) groups is 1. The van der Waals surface area contributed by atoms with Gasteiger partial charge in [-0.2, -0.15) is 0 Å². The molecule has 0 aliphatic heterocycles. The smallest absolute Gasteiger partial charge is 0.191 e. The van der Waals surface area contributed by atoms with Gasteiger partial charge in [0.05, 0.1) is 13.2 Å². The molecule has 0 amide bonds. The van der Waals surface area contributed by atoms with E-state index < -0.39 is 0 Å². The van der Waals surface area contributed by atoms with Gasteiger partial charge in [0.1, 0.15) is 5.01 Å². The summed E-state index contributed by atoms with van der Waals surface area (Å²) in [5.41, 5.74) is 0. The van der Waals surface area contributed by atoms with Gasteiger partial charge in [-0.05, 0) is 13.8 Å². The maximum absolute atomic E-state index is 4.98. The molecule has 0 unspecified atom stereocenters. The summed E-state index contributed by atoms with van der Waals surface area (Å²) in [4.78, 5) is 9.95. The van der Waals surface area contributed by atoms with Gasteiger partial charge in [-0.1, -0.05) is 0 Å². The number of methoxy groups -OCH3 is 1. The molecule has 0 bridgehead atoms. The Hall–Kier alpha value is -1.14. The maximum atomic E-state index is 4.98. The molecule has 1 aromatic rings. The molecule has 0 aromatic carbocycles. The predicted molar refractivity (Wildman–Crippen MR) is 71.5 cm³/mol. The second kappa shape index (κ2) is 8.03. The van der Waals surface area contributed by atoms with Gasteiger partial charge in [-0.15, -0.1) is 11.3 Å². The monoisotopic (exact) mass is 256 g/mol. The Morgan fingerprint density at radius 1 is 1.53 bits per heavy atom. The molecule has 0 aliphatic carbocycles. The van der Waals surface area contributed by atoms with Gasteiger partial charge in [0.15, 0.2) is 5.96 Å². The quantitative estimate of drug-likeness (QED) is 0.455. The minimum absolute atomic E-state index is 0.612. The number of nitrogens with one attached hydrogen (secondary N) is 2. The molecule has 1 aromatic heterocycles. The van der Waals surface area contributed by atoms with Crippen LogP contribution in [0.5, 0.6) is 0 Å². The van der Waals surface area contributed by atoms with E-state index in [0.717, 1.165) is 24.1 Å². The van der Waals surface area contributed by atoms with Crippen LogP contribution in [0.15, 0.2) is 11.2 Å². The summed E-state index contributed by atoms with van der Waals surface area (Å²) in [6.45, 7) is 6.96. The van der Waals surface area contributed by atoms with Crippen LogP contribution in [0.2, 0.25) is 0 Å². The van der Waals surface area contributed by atoms with Gasteiger partial charge >= 0.3 is 0 Å². The lowest BCUT2D eigenvalue weighted by Gasteiger charge is -2.10. The third-order valence-electron chi connectivity index (χ3n) is 1.98. The molecule has 0 aliphatic rings. The van der Waals surface area contributed by atoms with E-state index in [2.05, 4.69) is 20.6 Å². The number of aromatic nitrogens is 1. The molecule has 1 rings (SSSR count). The number of hydrogen-bond acceptors (Lipinski definition) is 4. The second-order valence-electron chi connectivity index (χ2n) is 3.48. The molecular formula is C11H20N4OS. The van der Waals surface area contributed by atoms with Crippen LogP contribution in [0.1, 0.15) is 16.8 Å². The molecule has 96 valence electrons. The van der Waals surface area contributed by atoms with E-state index in [-0.39, 0.29) is 0 Å². The minimum atomic E-state index is 0.612. The van der Waals surface area contributed by atoms with E-state index >= 15 is 0 Å². The largest absolute Gasteiger partial charge is 0.383 e. The summed E-state index contributed by atoms with van der Waals surface area (Å²) in [6, 6.07) is 0. The zero-order chi connectivity index (χ0) is 12.5. The van der Waals surface area contributed by atoms with Gasteiger partial charge in [0.25, 0.3) is 0 Å². The van der Waals surface area contributed by atoms with Crippen molar-refractivity contribution in [1.29, 1.82) is 0 Å². The summed E-state index contributed by atoms with van der Waals surface area (Å²) in [5, 5.41) is 7.40. The Morgan fingerprint density at radius 2 is 2.35 bits per heavy atom. The zero-order valence-corrected chi connectivity index (χ0v) is 11.4. The first-order valence-electron chi connectivity index (χ1n) is 5.68. The molecular weight excluding hydrogens is 236 g/mol. The SMILES string of the molecule is CCNC(=NCc1ncc(C)s1)NCCOC. The van der Waals surface area contributed by atoms with E-state index in [1.807, 2.05) is 20.0 Å². The molecule has 2 N–H and O–H groups in total. The molecule has 17 heavy (non-hydrogen) atoms. The lowest BCUT2D eigenvalue weighted by molar-refractivity contribution is 0.203. The van der Waals surface area contributed by atoms with Crippen LogP contribution in [0.25, 0.3) is 0 Å². The van der Waals surface area contributed by atoms with Crippen LogP contribution in [0.3, 0.4) is 0 Å². The minimum Gasteiger partial charge on any atom is -0.383 e. The number of thiazole rings is 1. The van der Waals surface area contributed by atoms with Crippen LogP contribution in [-0.4, -0.2) is 37.7 Å². The highest BCUT2D eigenvalue weighted by Gasteiger charge is 1.99. The van der Waals surface area contributed by atoms with Gasteiger partial charge in [0.2, 0.25) is 0 Å². The Labute approximate surface area is 106 Å². The first kappa shape index (κ1) is 13.9. The molecule has 0 saturated carbocycles. The topological polar surface area (TPSA) is 58.5 Å². The molecule has 0 radical (unpaired) electrons.